The van der Waals surface area contributed by atoms with E-state index in [1.54, 1.807) is 6.07 Å². The van der Waals surface area contributed by atoms with Crippen molar-refractivity contribution < 1.29 is 23.9 Å². The molecule has 134 valence electrons. The van der Waals surface area contributed by atoms with Crippen molar-refractivity contribution in [1.29, 1.82) is 0 Å². The van der Waals surface area contributed by atoms with E-state index in [1.807, 2.05) is 13.8 Å². The summed E-state index contributed by atoms with van der Waals surface area (Å²) in [7, 11) is 1.40. The number of carbonyl (C=O) groups is 4. The standard InChI is InChI=1S/C18H16N2O5S/c1-9-6-13(10(2)26-9)18(24)25-8-15(21)19-11-4-5-12-14(7-11)17(23)20(3)16(12)22/h4-7H,8H2,1-3H3,(H,19,21). The highest BCUT2D eigenvalue weighted by molar-refractivity contribution is 7.12. The van der Waals surface area contributed by atoms with E-state index in [0.717, 1.165) is 14.7 Å². The molecule has 3 amide bonds. The number of rotatable bonds is 4. The van der Waals surface area contributed by atoms with Crippen LogP contribution < -0.4 is 5.32 Å². The number of anilines is 1. The number of esters is 1. The number of benzene rings is 1. The van der Waals surface area contributed by atoms with Crippen LogP contribution in [0.15, 0.2) is 24.3 Å². The number of aryl methyl sites for hydroxylation is 2. The Morgan fingerprint density at radius 1 is 1.12 bits per heavy atom. The number of fused-ring (bicyclic) bond motifs is 1. The number of nitrogens with one attached hydrogen (secondary N) is 1. The Labute approximate surface area is 153 Å². The number of amides is 3. The summed E-state index contributed by atoms with van der Waals surface area (Å²) in [5, 5.41) is 2.55. The maximum absolute atomic E-state index is 12.0. The molecule has 1 N–H and O–H groups in total. The van der Waals surface area contributed by atoms with Crippen molar-refractivity contribution in [2.75, 3.05) is 19.0 Å². The van der Waals surface area contributed by atoms with E-state index in [1.165, 1.54) is 36.6 Å². The van der Waals surface area contributed by atoms with Gasteiger partial charge in [0.05, 0.1) is 16.7 Å². The molecule has 0 spiro atoms. The highest BCUT2D eigenvalue weighted by Crippen LogP contribution is 2.25. The zero-order valence-corrected chi connectivity index (χ0v) is 15.2. The summed E-state index contributed by atoms with van der Waals surface area (Å²) in [5.74, 6) is -1.89. The molecule has 0 bridgehead atoms. The fourth-order valence-corrected chi connectivity index (χ4v) is 3.59. The molecule has 1 aliphatic rings. The van der Waals surface area contributed by atoms with E-state index in [9.17, 15) is 19.2 Å². The molecular weight excluding hydrogens is 356 g/mol. The van der Waals surface area contributed by atoms with Crippen LogP contribution in [0.4, 0.5) is 5.69 Å². The van der Waals surface area contributed by atoms with Crippen LogP contribution in [0, 0.1) is 13.8 Å². The number of imide groups is 1. The van der Waals surface area contributed by atoms with Gasteiger partial charge in [-0.15, -0.1) is 11.3 Å². The number of ether oxygens (including phenoxy) is 1. The van der Waals surface area contributed by atoms with Crippen LogP contribution in [-0.2, 0) is 9.53 Å². The predicted molar refractivity (Wildman–Crippen MR) is 95.6 cm³/mol. The van der Waals surface area contributed by atoms with E-state index in [0.29, 0.717) is 16.8 Å². The van der Waals surface area contributed by atoms with Crippen LogP contribution in [0.2, 0.25) is 0 Å². The van der Waals surface area contributed by atoms with Gasteiger partial charge >= 0.3 is 5.97 Å². The zero-order valence-electron chi connectivity index (χ0n) is 14.4. The van der Waals surface area contributed by atoms with E-state index < -0.39 is 24.4 Å². The van der Waals surface area contributed by atoms with Crippen molar-refractivity contribution in [2.45, 2.75) is 13.8 Å². The Bertz CT molecular complexity index is 947. The largest absolute Gasteiger partial charge is 0.452 e. The molecule has 0 radical (unpaired) electrons. The van der Waals surface area contributed by atoms with Gasteiger partial charge in [0.25, 0.3) is 17.7 Å². The van der Waals surface area contributed by atoms with Crippen molar-refractivity contribution in [3.63, 3.8) is 0 Å². The lowest BCUT2D eigenvalue weighted by molar-refractivity contribution is -0.119. The first-order valence-corrected chi connectivity index (χ1v) is 8.60. The molecule has 8 heteroatoms. The van der Waals surface area contributed by atoms with Crippen LogP contribution in [0.5, 0.6) is 0 Å². The molecule has 2 heterocycles. The summed E-state index contributed by atoms with van der Waals surface area (Å²) in [6.07, 6.45) is 0. The fraction of sp³-hybridized carbons (Fsp3) is 0.222. The van der Waals surface area contributed by atoms with Gasteiger partial charge in [-0.1, -0.05) is 0 Å². The molecule has 1 aliphatic heterocycles. The number of thiophene rings is 1. The number of hydrogen-bond donors (Lipinski definition) is 1. The van der Waals surface area contributed by atoms with E-state index >= 15 is 0 Å². The van der Waals surface area contributed by atoms with Crippen molar-refractivity contribution >= 4 is 40.7 Å². The minimum absolute atomic E-state index is 0.233. The SMILES string of the molecule is Cc1cc(C(=O)OCC(=O)Nc2ccc3c(c2)C(=O)N(C)C3=O)c(C)s1. The van der Waals surface area contributed by atoms with Crippen LogP contribution >= 0.6 is 11.3 Å². The number of hydrogen-bond acceptors (Lipinski definition) is 6. The second kappa shape index (κ2) is 6.72. The average Bonchev–Trinajstić information content (AvgIpc) is 3.05. The van der Waals surface area contributed by atoms with Crippen LogP contribution in [0.25, 0.3) is 0 Å². The first-order chi connectivity index (χ1) is 12.3. The van der Waals surface area contributed by atoms with Gasteiger partial charge in [0.1, 0.15) is 0 Å². The molecule has 0 aliphatic carbocycles. The van der Waals surface area contributed by atoms with Crippen molar-refractivity contribution in [3.8, 4) is 0 Å². The van der Waals surface area contributed by atoms with Gasteiger partial charge in [-0.25, -0.2) is 4.79 Å². The zero-order chi connectivity index (χ0) is 19.0. The third-order valence-electron chi connectivity index (χ3n) is 3.97. The second-order valence-electron chi connectivity index (χ2n) is 5.88. The minimum atomic E-state index is -0.557. The lowest BCUT2D eigenvalue weighted by Crippen LogP contribution is -2.24. The molecule has 1 aromatic carbocycles. The monoisotopic (exact) mass is 372 g/mol. The van der Waals surface area contributed by atoms with Crippen LogP contribution in [0.1, 0.15) is 40.8 Å². The van der Waals surface area contributed by atoms with Gasteiger partial charge in [0.2, 0.25) is 0 Å². The predicted octanol–water partition coefficient (Wildman–Crippen LogP) is 2.39. The topological polar surface area (TPSA) is 92.8 Å². The average molecular weight is 372 g/mol. The maximum Gasteiger partial charge on any atom is 0.339 e. The molecule has 1 aromatic heterocycles. The first kappa shape index (κ1) is 17.8. The van der Waals surface area contributed by atoms with E-state index in [4.69, 9.17) is 4.74 Å². The van der Waals surface area contributed by atoms with Crippen LogP contribution in [-0.4, -0.2) is 42.2 Å². The van der Waals surface area contributed by atoms with Gasteiger partial charge in [-0.3, -0.25) is 19.3 Å². The smallest absolute Gasteiger partial charge is 0.339 e. The molecular formula is C18H16N2O5S. The van der Waals surface area contributed by atoms with Crippen LogP contribution in [0.3, 0.4) is 0 Å². The third kappa shape index (κ3) is 3.23. The molecule has 0 saturated heterocycles. The molecule has 7 nitrogen and oxygen atoms in total. The maximum atomic E-state index is 12.0. The quantitative estimate of drug-likeness (QED) is 0.657. The summed E-state index contributed by atoms with van der Waals surface area (Å²) >= 11 is 1.48. The number of nitrogens with zero attached hydrogens (tertiary/aromatic N) is 1. The Balaban J connectivity index is 1.63. The lowest BCUT2D eigenvalue weighted by atomic mass is 10.1. The summed E-state index contributed by atoms with van der Waals surface area (Å²) in [5.41, 5.74) is 1.33. The molecule has 3 rings (SSSR count). The fourth-order valence-electron chi connectivity index (χ4n) is 2.68. The Morgan fingerprint density at radius 2 is 1.81 bits per heavy atom. The van der Waals surface area contributed by atoms with Gasteiger partial charge in [0, 0.05) is 22.5 Å². The Hall–Kier alpha value is -3.00. The van der Waals surface area contributed by atoms with Gasteiger partial charge in [-0.05, 0) is 38.1 Å². The first-order valence-electron chi connectivity index (χ1n) is 7.78. The van der Waals surface area contributed by atoms with E-state index in [-0.39, 0.29) is 11.5 Å². The highest BCUT2D eigenvalue weighted by Gasteiger charge is 2.32. The van der Waals surface area contributed by atoms with Crippen molar-refractivity contribution in [1.82, 2.24) is 4.90 Å². The molecule has 2 aromatic rings. The molecule has 0 saturated carbocycles. The summed E-state index contributed by atoms with van der Waals surface area (Å²) in [6.45, 7) is 3.25. The second-order valence-corrected chi connectivity index (χ2v) is 7.34. The minimum Gasteiger partial charge on any atom is -0.452 e. The van der Waals surface area contributed by atoms with Crippen molar-refractivity contribution in [3.05, 3.63) is 50.7 Å². The summed E-state index contributed by atoms with van der Waals surface area (Å²) in [4.78, 5) is 50.7. The molecule has 26 heavy (non-hydrogen) atoms. The lowest BCUT2D eigenvalue weighted by Gasteiger charge is -2.07. The van der Waals surface area contributed by atoms with Gasteiger partial charge < -0.3 is 10.1 Å². The number of carbonyl (C=O) groups excluding carboxylic acids is 4. The Kier molecular flexibility index (Phi) is 4.60. The van der Waals surface area contributed by atoms with E-state index in [2.05, 4.69) is 5.32 Å². The third-order valence-corrected chi connectivity index (χ3v) is 4.93. The normalized spacial score (nSPS) is 13.0. The molecule has 0 unspecified atom stereocenters. The molecule has 0 atom stereocenters. The Morgan fingerprint density at radius 3 is 2.46 bits per heavy atom. The summed E-state index contributed by atoms with van der Waals surface area (Å²) in [6, 6.07) is 6.17. The van der Waals surface area contributed by atoms with Gasteiger partial charge in [-0.2, -0.15) is 0 Å². The van der Waals surface area contributed by atoms with Crippen molar-refractivity contribution in [2.24, 2.45) is 0 Å². The molecule has 0 fully saturated rings. The van der Waals surface area contributed by atoms with Gasteiger partial charge in [0.15, 0.2) is 6.61 Å². The highest BCUT2D eigenvalue weighted by atomic mass is 32.1. The summed E-state index contributed by atoms with van der Waals surface area (Å²) < 4.78 is 5.03.